The van der Waals surface area contributed by atoms with Gasteiger partial charge in [0.2, 0.25) is 5.91 Å². The first-order valence-corrected chi connectivity index (χ1v) is 5.91. The average Bonchev–Trinajstić information content (AvgIpc) is 2.30. The third kappa shape index (κ3) is 4.24. The maximum atomic E-state index is 13.0. The zero-order valence-corrected chi connectivity index (χ0v) is 11.2. The van der Waals surface area contributed by atoms with Crippen LogP contribution >= 0.6 is 0 Å². The molecule has 0 saturated heterocycles. The first-order chi connectivity index (χ1) is 8.81. The molecule has 0 radical (unpaired) electrons. The van der Waals surface area contributed by atoms with Crippen LogP contribution in [-0.2, 0) is 4.79 Å². The van der Waals surface area contributed by atoms with Crippen molar-refractivity contribution in [2.24, 2.45) is 0 Å². The molecule has 1 rings (SSSR count). The minimum Gasteiger partial charge on any atom is -0.396 e. The van der Waals surface area contributed by atoms with Gasteiger partial charge < -0.3 is 16.0 Å². The number of benzene rings is 1. The largest absolute Gasteiger partial charge is 0.396 e. The van der Waals surface area contributed by atoms with Crippen molar-refractivity contribution in [1.82, 2.24) is 10.2 Å². The highest BCUT2D eigenvalue weighted by Crippen LogP contribution is 2.13. The van der Waals surface area contributed by atoms with Gasteiger partial charge in [-0.05, 0) is 32.0 Å². The first-order valence-electron chi connectivity index (χ1n) is 5.91. The number of hydrogen-bond acceptors (Lipinski definition) is 3. The topological polar surface area (TPSA) is 75.4 Å². The van der Waals surface area contributed by atoms with Crippen LogP contribution in [0.3, 0.4) is 0 Å². The zero-order valence-electron chi connectivity index (χ0n) is 11.2. The van der Waals surface area contributed by atoms with E-state index in [9.17, 15) is 14.0 Å². The van der Waals surface area contributed by atoms with E-state index in [0.29, 0.717) is 0 Å². The second-order valence-electron chi connectivity index (χ2n) is 4.62. The fraction of sp³-hybridized carbons (Fsp3) is 0.385. The number of carbonyl (C=O) groups is 2. The molecular formula is C13H18FN3O2. The summed E-state index contributed by atoms with van der Waals surface area (Å²) in [6, 6.07) is 3.74. The van der Waals surface area contributed by atoms with Crippen molar-refractivity contribution in [2.45, 2.75) is 19.9 Å². The van der Waals surface area contributed by atoms with Gasteiger partial charge in [0.15, 0.2) is 0 Å². The maximum Gasteiger partial charge on any atom is 0.254 e. The van der Waals surface area contributed by atoms with Crippen LogP contribution in [0, 0.1) is 5.82 Å². The summed E-state index contributed by atoms with van der Waals surface area (Å²) in [7, 11) is 1.50. The van der Waals surface area contributed by atoms with E-state index in [1.54, 1.807) is 0 Å². The van der Waals surface area contributed by atoms with E-state index in [1.165, 1.54) is 24.1 Å². The lowest BCUT2D eigenvalue weighted by molar-refractivity contribution is -0.122. The molecule has 1 aromatic carbocycles. The van der Waals surface area contributed by atoms with Gasteiger partial charge in [0.1, 0.15) is 5.82 Å². The molecule has 0 fully saturated rings. The van der Waals surface area contributed by atoms with Gasteiger partial charge in [0, 0.05) is 18.7 Å². The molecular weight excluding hydrogens is 249 g/mol. The molecule has 0 aliphatic rings. The van der Waals surface area contributed by atoms with Crippen molar-refractivity contribution in [3.8, 4) is 0 Å². The summed E-state index contributed by atoms with van der Waals surface area (Å²) in [4.78, 5) is 24.8. The predicted molar refractivity (Wildman–Crippen MR) is 71.1 cm³/mol. The van der Waals surface area contributed by atoms with Crippen LogP contribution in [0.5, 0.6) is 0 Å². The van der Waals surface area contributed by atoms with E-state index in [1.807, 2.05) is 13.8 Å². The molecule has 0 saturated carbocycles. The SMILES string of the molecule is CC(C)NC(=O)CN(C)C(=O)c1ccc(F)c(N)c1. The van der Waals surface area contributed by atoms with Crippen LogP contribution in [0.15, 0.2) is 18.2 Å². The van der Waals surface area contributed by atoms with Gasteiger partial charge in [-0.3, -0.25) is 9.59 Å². The van der Waals surface area contributed by atoms with Gasteiger partial charge >= 0.3 is 0 Å². The Hall–Kier alpha value is -2.11. The number of nitrogen functional groups attached to an aromatic ring is 1. The molecule has 0 heterocycles. The number of amides is 2. The molecule has 3 N–H and O–H groups in total. The number of nitrogens with zero attached hydrogens (tertiary/aromatic N) is 1. The molecule has 6 heteroatoms. The van der Waals surface area contributed by atoms with E-state index in [4.69, 9.17) is 5.73 Å². The molecule has 0 unspecified atom stereocenters. The Balaban J connectivity index is 2.71. The van der Waals surface area contributed by atoms with Gasteiger partial charge in [-0.1, -0.05) is 0 Å². The number of rotatable bonds is 4. The fourth-order valence-electron chi connectivity index (χ4n) is 1.55. The molecule has 1 aromatic rings. The van der Waals surface area contributed by atoms with Crippen LogP contribution in [0.25, 0.3) is 0 Å². The summed E-state index contributed by atoms with van der Waals surface area (Å²) in [5.74, 6) is -1.21. The van der Waals surface area contributed by atoms with E-state index >= 15 is 0 Å². The second kappa shape index (κ2) is 6.17. The summed E-state index contributed by atoms with van der Waals surface area (Å²) in [5, 5.41) is 2.68. The molecule has 0 aliphatic carbocycles. The number of hydrogen-bond donors (Lipinski definition) is 2. The van der Waals surface area contributed by atoms with E-state index in [2.05, 4.69) is 5.32 Å². The lowest BCUT2D eigenvalue weighted by atomic mass is 10.1. The minimum atomic E-state index is -0.572. The van der Waals surface area contributed by atoms with Gasteiger partial charge in [-0.15, -0.1) is 0 Å². The Morgan fingerprint density at radius 3 is 2.58 bits per heavy atom. The van der Waals surface area contributed by atoms with E-state index in [-0.39, 0.29) is 35.7 Å². The quantitative estimate of drug-likeness (QED) is 0.799. The second-order valence-corrected chi connectivity index (χ2v) is 4.62. The highest BCUT2D eigenvalue weighted by molar-refractivity contribution is 5.97. The van der Waals surface area contributed by atoms with Crippen LogP contribution < -0.4 is 11.1 Å². The summed E-state index contributed by atoms with van der Waals surface area (Å²) >= 11 is 0. The highest BCUT2D eigenvalue weighted by Gasteiger charge is 2.16. The fourth-order valence-corrected chi connectivity index (χ4v) is 1.55. The molecule has 0 aromatic heterocycles. The third-order valence-corrected chi connectivity index (χ3v) is 2.42. The maximum absolute atomic E-state index is 13.0. The Bertz CT molecular complexity index is 489. The van der Waals surface area contributed by atoms with Crippen LogP contribution in [0.2, 0.25) is 0 Å². The number of nitrogens with one attached hydrogen (secondary N) is 1. The number of nitrogens with two attached hydrogens (primary N) is 1. The Morgan fingerprint density at radius 2 is 2.05 bits per heavy atom. The summed E-state index contributed by atoms with van der Waals surface area (Å²) in [5.41, 5.74) is 5.56. The average molecular weight is 267 g/mol. The van der Waals surface area contributed by atoms with Crippen molar-refractivity contribution in [2.75, 3.05) is 19.3 Å². The lowest BCUT2D eigenvalue weighted by Gasteiger charge is -2.18. The first kappa shape index (κ1) is 14.9. The predicted octanol–water partition coefficient (Wildman–Crippen LogP) is 1.00. The Labute approximate surface area is 111 Å². The number of halogens is 1. The number of anilines is 1. The molecule has 5 nitrogen and oxygen atoms in total. The Morgan fingerprint density at radius 1 is 1.42 bits per heavy atom. The number of carbonyl (C=O) groups excluding carboxylic acids is 2. The van der Waals surface area contributed by atoms with Crippen LogP contribution in [0.4, 0.5) is 10.1 Å². The molecule has 0 bridgehead atoms. The molecule has 0 aliphatic heterocycles. The van der Waals surface area contributed by atoms with Gasteiger partial charge in [0.05, 0.1) is 12.2 Å². The van der Waals surface area contributed by atoms with E-state index in [0.717, 1.165) is 6.07 Å². The standard InChI is InChI=1S/C13H18FN3O2/c1-8(2)16-12(18)7-17(3)13(19)9-4-5-10(14)11(15)6-9/h4-6,8H,7,15H2,1-3H3,(H,16,18). The van der Waals surface area contributed by atoms with E-state index < -0.39 is 5.82 Å². The summed E-state index contributed by atoms with van der Waals surface area (Å²) < 4.78 is 13.0. The summed E-state index contributed by atoms with van der Waals surface area (Å²) in [6.45, 7) is 3.61. The van der Waals surface area contributed by atoms with Crippen molar-refractivity contribution >= 4 is 17.5 Å². The monoisotopic (exact) mass is 267 g/mol. The van der Waals surface area contributed by atoms with Gasteiger partial charge in [-0.2, -0.15) is 0 Å². The van der Waals surface area contributed by atoms with Crippen LogP contribution in [0.1, 0.15) is 24.2 Å². The van der Waals surface area contributed by atoms with Crippen molar-refractivity contribution in [3.63, 3.8) is 0 Å². The zero-order chi connectivity index (χ0) is 14.6. The Kier molecular flexibility index (Phi) is 4.86. The normalized spacial score (nSPS) is 10.4. The highest BCUT2D eigenvalue weighted by atomic mass is 19.1. The lowest BCUT2D eigenvalue weighted by Crippen LogP contribution is -2.40. The van der Waals surface area contributed by atoms with Gasteiger partial charge in [0.25, 0.3) is 5.91 Å². The molecule has 2 amide bonds. The van der Waals surface area contributed by atoms with Crippen molar-refractivity contribution < 1.29 is 14.0 Å². The van der Waals surface area contributed by atoms with Crippen LogP contribution in [-0.4, -0.2) is 36.3 Å². The molecule has 104 valence electrons. The molecule has 19 heavy (non-hydrogen) atoms. The molecule has 0 spiro atoms. The van der Waals surface area contributed by atoms with Crippen molar-refractivity contribution in [3.05, 3.63) is 29.6 Å². The smallest absolute Gasteiger partial charge is 0.254 e. The third-order valence-electron chi connectivity index (χ3n) is 2.42. The molecule has 0 atom stereocenters. The van der Waals surface area contributed by atoms with Gasteiger partial charge in [-0.25, -0.2) is 4.39 Å². The number of likely N-dealkylation sites (N-methyl/N-ethyl adjacent to an activating group) is 1. The summed E-state index contributed by atoms with van der Waals surface area (Å²) in [6.07, 6.45) is 0. The van der Waals surface area contributed by atoms with Crippen molar-refractivity contribution in [1.29, 1.82) is 0 Å². The minimum absolute atomic E-state index is 0.0115.